The molecule has 0 atom stereocenters. The Kier molecular flexibility index (Phi) is 4.60. The fourth-order valence-electron chi connectivity index (χ4n) is 1.04. The fraction of sp³-hybridized carbons (Fsp3) is 0.556. The third-order valence-electron chi connectivity index (χ3n) is 1.67. The van der Waals surface area contributed by atoms with Gasteiger partial charge in [0.05, 0.1) is 11.8 Å². The molecule has 0 fully saturated rings. The lowest BCUT2D eigenvalue weighted by Crippen LogP contribution is -1.99. The molecule has 72 valence electrons. The van der Waals surface area contributed by atoms with Gasteiger partial charge in [-0.3, -0.25) is 9.48 Å². The van der Waals surface area contributed by atoms with Gasteiger partial charge in [0.1, 0.15) is 0 Å². The highest BCUT2D eigenvalue weighted by Gasteiger charge is 1.95. The first-order valence-corrected chi connectivity index (χ1v) is 5.57. The molecular weight excluding hydrogens is 184 g/mol. The van der Waals surface area contributed by atoms with Crippen LogP contribution in [-0.4, -0.2) is 27.6 Å². The maximum absolute atomic E-state index is 10.3. The standard InChI is InChI=1S/C9H14N2OS/c1-2-13-5-3-4-11-7-9(8-12)6-10-11/h6-8H,2-5H2,1H3. The molecule has 0 saturated carbocycles. The normalized spacial score (nSPS) is 10.2. The van der Waals surface area contributed by atoms with Crippen LogP contribution in [0.3, 0.4) is 0 Å². The monoisotopic (exact) mass is 198 g/mol. The molecule has 0 aliphatic carbocycles. The highest BCUT2D eigenvalue weighted by atomic mass is 32.2. The van der Waals surface area contributed by atoms with E-state index in [1.165, 1.54) is 5.75 Å². The van der Waals surface area contributed by atoms with Crippen molar-refractivity contribution in [3.63, 3.8) is 0 Å². The van der Waals surface area contributed by atoms with Crippen LogP contribution < -0.4 is 0 Å². The number of aromatic nitrogens is 2. The Morgan fingerprint density at radius 1 is 1.69 bits per heavy atom. The molecule has 1 heterocycles. The van der Waals surface area contributed by atoms with E-state index in [1.54, 1.807) is 12.4 Å². The summed E-state index contributed by atoms with van der Waals surface area (Å²) in [5.41, 5.74) is 0.656. The molecule has 0 aromatic carbocycles. The highest BCUT2D eigenvalue weighted by molar-refractivity contribution is 7.99. The van der Waals surface area contributed by atoms with E-state index < -0.39 is 0 Å². The zero-order valence-electron chi connectivity index (χ0n) is 7.77. The minimum atomic E-state index is 0.656. The van der Waals surface area contributed by atoms with Crippen molar-refractivity contribution < 1.29 is 4.79 Å². The Bertz CT molecular complexity index is 260. The average Bonchev–Trinajstić information content (AvgIpc) is 2.60. The second-order valence-corrected chi connectivity index (χ2v) is 4.10. The maximum atomic E-state index is 10.3. The van der Waals surface area contributed by atoms with Gasteiger partial charge >= 0.3 is 0 Å². The predicted octanol–water partition coefficient (Wildman–Crippen LogP) is 1.84. The van der Waals surface area contributed by atoms with Gasteiger partial charge in [0, 0.05) is 12.7 Å². The summed E-state index contributed by atoms with van der Waals surface area (Å²) in [6, 6.07) is 0. The van der Waals surface area contributed by atoms with Crippen molar-refractivity contribution >= 4 is 18.0 Å². The van der Waals surface area contributed by atoms with Crippen LogP contribution in [-0.2, 0) is 6.54 Å². The third-order valence-corrected chi connectivity index (χ3v) is 2.65. The van der Waals surface area contributed by atoms with Gasteiger partial charge in [0.15, 0.2) is 6.29 Å². The van der Waals surface area contributed by atoms with Crippen molar-refractivity contribution in [2.24, 2.45) is 0 Å². The molecule has 0 radical (unpaired) electrons. The number of aldehydes is 1. The first kappa shape index (κ1) is 10.3. The summed E-state index contributed by atoms with van der Waals surface area (Å²) in [4.78, 5) is 10.3. The summed E-state index contributed by atoms with van der Waals surface area (Å²) in [5, 5.41) is 4.06. The molecule has 1 aromatic rings. The van der Waals surface area contributed by atoms with E-state index in [0.29, 0.717) is 5.56 Å². The van der Waals surface area contributed by atoms with E-state index in [2.05, 4.69) is 12.0 Å². The second-order valence-electron chi connectivity index (χ2n) is 2.71. The summed E-state index contributed by atoms with van der Waals surface area (Å²) < 4.78 is 1.82. The van der Waals surface area contributed by atoms with E-state index in [9.17, 15) is 4.79 Å². The minimum Gasteiger partial charge on any atom is -0.298 e. The van der Waals surface area contributed by atoms with Crippen LogP contribution >= 0.6 is 11.8 Å². The number of carbonyl (C=O) groups is 1. The lowest BCUT2D eigenvalue weighted by Gasteiger charge is -1.99. The number of nitrogens with zero attached hydrogens (tertiary/aromatic N) is 2. The number of carbonyl (C=O) groups excluding carboxylic acids is 1. The molecule has 0 unspecified atom stereocenters. The summed E-state index contributed by atoms with van der Waals surface area (Å²) in [5.74, 6) is 2.32. The van der Waals surface area contributed by atoms with Crippen LogP contribution in [0.1, 0.15) is 23.7 Å². The molecule has 3 nitrogen and oxygen atoms in total. The summed E-state index contributed by atoms with van der Waals surface area (Å²) in [6.07, 6.45) is 5.31. The second kappa shape index (κ2) is 5.80. The van der Waals surface area contributed by atoms with Crippen molar-refractivity contribution in [3.8, 4) is 0 Å². The van der Waals surface area contributed by atoms with Gasteiger partial charge in [0.25, 0.3) is 0 Å². The topological polar surface area (TPSA) is 34.9 Å². The largest absolute Gasteiger partial charge is 0.298 e. The lowest BCUT2D eigenvalue weighted by atomic mass is 10.4. The fourth-order valence-corrected chi connectivity index (χ4v) is 1.66. The molecule has 0 amide bonds. The van der Waals surface area contributed by atoms with Crippen LogP contribution in [0, 0.1) is 0 Å². The van der Waals surface area contributed by atoms with Gasteiger partial charge in [-0.15, -0.1) is 0 Å². The molecule has 0 aliphatic heterocycles. The molecule has 0 bridgehead atoms. The quantitative estimate of drug-likeness (QED) is 0.517. The summed E-state index contributed by atoms with van der Waals surface area (Å²) >= 11 is 1.93. The molecule has 1 rings (SSSR count). The zero-order chi connectivity index (χ0) is 9.52. The Hall–Kier alpha value is -0.770. The van der Waals surface area contributed by atoms with E-state index in [0.717, 1.165) is 25.0 Å². The number of rotatable bonds is 6. The van der Waals surface area contributed by atoms with E-state index >= 15 is 0 Å². The first-order valence-electron chi connectivity index (χ1n) is 4.42. The van der Waals surface area contributed by atoms with Crippen molar-refractivity contribution in [1.29, 1.82) is 0 Å². The van der Waals surface area contributed by atoms with Gasteiger partial charge < -0.3 is 0 Å². The maximum Gasteiger partial charge on any atom is 0.153 e. The van der Waals surface area contributed by atoms with Crippen LogP contribution in [0.15, 0.2) is 12.4 Å². The van der Waals surface area contributed by atoms with Crippen molar-refractivity contribution in [1.82, 2.24) is 9.78 Å². The third kappa shape index (κ3) is 3.63. The number of aryl methyl sites for hydroxylation is 1. The van der Waals surface area contributed by atoms with E-state index in [4.69, 9.17) is 0 Å². The Labute approximate surface area is 82.5 Å². The Balaban J connectivity index is 2.24. The molecular formula is C9H14N2OS. The van der Waals surface area contributed by atoms with Crippen LogP contribution in [0.25, 0.3) is 0 Å². The van der Waals surface area contributed by atoms with Gasteiger partial charge in [-0.05, 0) is 17.9 Å². The molecule has 0 N–H and O–H groups in total. The molecule has 1 aromatic heterocycles. The molecule has 0 saturated heterocycles. The van der Waals surface area contributed by atoms with Crippen molar-refractivity contribution in [3.05, 3.63) is 18.0 Å². The lowest BCUT2D eigenvalue weighted by molar-refractivity contribution is 0.112. The van der Waals surface area contributed by atoms with Gasteiger partial charge in [0.2, 0.25) is 0 Å². The van der Waals surface area contributed by atoms with E-state index in [1.807, 2.05) is 16.4 Å². The van der Waals surface area contributed by atoms with Gasteiger partial charge in [-0.25, -0.2) is 0 Å². The summed E-state index contributed by atoms with van der Waals surface area (Å²) in [7, 11) is 0. The molecule has 0 spiro atoms. The minimum absolute atomic E-state index is 0.656. The van der Waals surface area contributed by atoms with Crippen LogP contribution in [0.5, 0.6) is 0 Å². The number of hydrogen-bond donors (Lipinski definition) is 0. The summed E-state index contributed by atoms with van der Waals surface area (Å²) in [6.45, 7) is 3.06. The molecule has 4 heteroatoms. The predicted molar refractivity (Wildman–Crippen MR) is 55.2 cm³/mol. The van der Waals surface area contributed by atoms with Crippen molar-refractivity contribution in [2.75, 3.05) is 11.5 Å². The molecule has 13 heavy (non-hydrogen) atoms. The van der Waals surface area contributed by atoms with Crippen LogP contribution in [0.4, 0.5) is 0 Å². The van der Waals surface area contributed by atoms with Gasteiger partial charge in [-0.1, -0.05) is 6.92 Å². The van der Waals surface area contributed by atoms with Crippen molar-refractivity contribution in [2.45, 2.75) is 19.9 Å². The van der Waals surface area contributed by atoms with Crippen LogP contribution in [0.2, 0.25) is 0 Å². The molecule has 0 aliphatic rings. The Morgan fingerprint density at radius 3 is 3.15 bits per heavy atom. The SMILES string of the molecule is CCSCCCn1cc(C=O)cn1. The van der Waals surface area contributed by atoms with Gasteiger partial charge in [-0.2, -0.15) is 16.9 Å². The van der Waals surface area contributed by atoms with E-state index in [-0.39, 0.29) is 0 Å². The average molecular weight is 198 g/mol. The Morgan fingerprint density at radius 2 is 2.54 bits per heavy atom. The zero-order valence-corrected chi connectivity index (χ0v) is 8.59. The smallest absolute Gasteiger partial charge is 0.153 e. The number of hydrogen-bond acceptors (Lipinski definition) is 3. The highest BCUT2D eigenvalue weighted by Crippen LogP contribution is 2.02. The number of thioether (sulfide) groups is 1. The first-order chi connectivity index (χ1) is 6.36.